The van der Waals surface area contributed by atoms with Crippen molar-refractivity contribution in [3.05, 3.63) is 77.2 Å². The van der Waals surface area contributed by atoms with Crippen molar-refractivity contribution >= 4 is 23.5 Å². The zero-order valence-electron chi connectivity index (χ0n) is 15.9. The van der Waals surface area contributed by atoms with Crippen LogP contribution < -0.4 is 10.2 Å². The van der Waals surface area contributed by atoms with Crippen molar-refractivity contribution in [3.63, 3.8) is 0 Å². The van der Waals surface area contributed by atoms with Gasteiger partial charge in [0.2, 0.25) is 0 Å². The summed E-state index contributed by atoms with van der Waals surface area (Å²) in [6, 6.07) is 12.8. The molecule has 148 valence electrons. The number of halogens is 1. The first kappa shape index (κ1) is 18.9. The Morgan fingerprint density at radius 3 is 2.66 bits per heavy atom. The van der Waals surface area contributed by atoms with Gasteiger partial charge >= 0.3 is 6.03 Å². The predicted molar refractivity (Wildman–Crippen MR) is 105 cm³/mol. The zero-order chi connectivity index (χ0) is 20.5. The third-order valence-electron chi connectivity index (χ3n) is 5.26. The Morgan fingerprint density at radius 2 is 1.90 bits per heavy atom. The van der Waals surface area contributed by atoms with Crippen LogP contribution in [0.1, 0.15) is 24.5 Å². The Morgan fingerprint density at radius 1 is 1.14 bits per heavy atom. The van der Waals surface area contributed by atoms with Crippen LogP contribution in [-0.2, 0) is 22.6 Å². The molecule has 1 atom stereocenters. The number of hydrogen-bond donors (Lipinski definition) is 1. The molecule has 2 aliphatic heterocycles. The predicted octanol–water partition coefficient (Wildman–Crippen LogP) is 3.13. The lowest BCUT2D eigenvalue weighted by Gasteiger charge is -2.36. The average molecular weight is 393 g/mol. The van der Waals surface area contributed by atoms with Crippen LogP contribution in [0.2, 0.25) is 0 Å². The van der Waals surface area contributed by atoms with Gasteiger partial charge in [-0.05, 0) is 49.1 Å². The van der Waals surface area contributed by atoms with E-state index in [2.05, 4.69) is 5.32 Å². The molecule has 4 rings (SSSR count). The number of imide groups is 2. The van der Waals surface area contributed by atoms with E-state index < -0.39 is 17.8 Å². The molecule has 6 nitrogen and oxygen atoms in total. The Hall–Kier alpha value is -3.48. The van der Waals surface area contributed by atoms with Gasteiger partial charge in [-0.15, -0.1) is 0 Å². The molecule has 29 heavy (non-hydrogen) atoms. The van der Waals surface area contributed by atoms with Crippen LogP contribution in [0.25, 0.3) is 0 Å². The second-order valence-corrected chi connectivity index (χ2v) is 7.25. The Bertz CT molecular complexity index is 1020. The van der Waals surface area contributed by atoms with Crippen LogP contribution in [0.3, 0.4) is 0 Å². The molecule has 4 amide bonds. The summed E-state index contributed by atoms with van der Waals surface area (Å²) in [5.41, 5.74) is 2.23. The first-order valence-corrected chi connectivity index (χ1v) is 9.43. The minimum absolute atomic E-state index is 0.0151. The van der Waals surface area contributed by atoms with E-state index in [1.54, 1.807) is 18.2 Å². The van der Waals surface area contributed by atoms with Gasteiger partial charge in [0.05, 0.1) is 6.54 Å². The molecule has 1 fully saturated rings. The number of carbonyl (C=O) groups excluding carboxylic acids is 3. The molecule has 7 heteroatoms. The lowest BCUT2D eigenvalue weighted by molar-refractivity contribution is -0.130. The van der Waals surface area contributed by atoms with Gasteiger partial charge in [0.25, 0.3) is 11.8 Å². The molecule has 1 N–H and O–H groups in total. The third kappa shape index (κ3) is 3.63. The molecular formula is C22H20FN3O3. The molecule has 0 unspecified atom stereocenters. The maximum Gasteiger partial charge on any atom is 0.331 e. The number of hydrogen-bond acceptors (Lipinski definition) is 4. The summed E-state index contributed by atoms with van der Waals surface area (Å²) in [5.74, 6) is -1.70. The van der Waals surface area contributed by atoms with E-state index in [1.807, 2.05) is 30.0 Å². The van der Waals surface area contributed by atoms with Gasteiger partial charge < -0.3 is 4.90 Å². The van der Waals surface area contributed by atoms with Crippen LogP contribution in [0.5, 0.6) is 0 Å². The highest BCUT2D eigenvalue weighted by Crippen LogP contribution is 2.32. The summed E-state index contributed by atoms with van der Waals surface area (Å²) in [6.45, 7) is 2.04. The van der Waals surface area contributed by atoms with Crippen molar-refractivity contribution in [2.45, 2.75) is 32.4 Å². The first-order chi connectivity index (χ1) is 13.9. The Kier molecular flexibility index (Phi) is 4.88. The first-order valence-electron chi connectivity index (χ1n) is 9.43. The molecule has 0 saturated carbocycles. The number of anilines is 1. The van der Waals surface area contributed by atoms with Crippen molar-refractivity contribution < 1.29 is 18.8 Å². The maximum atomic E-state index is 13.6. The number of urea groups is 1. The topological polar surface area (TPSA) is 69.7 Å². The number of rotatable bonds is 3. The van der Waals surface area contributed by atoms with Crippen molar-refractivity contribution in [1.82, 2.24) is 10.2 Å². The van der Waals surface area contributed by atoms with E-state index in [0.29, 0.717) is 6.42 Å². The highest BCUT2D eigenvalue weighted by Gasteiger charge is 2.37. The van der Waals surface area contributed by atoms with E-state index in [-0.39, 0.29) is 24.0 Å². The number of barbiturate groups is 1. The largest absolute Gasteiger partial charge is 0.344 e. The third-order valence-corrected chi connectivity index (χ3v) is 5.26. The molecule has 2 aliphatic rings. The van der Waals surface area contributed by atoms with Crippen LogP contribution in [0.15, 0.2) is 60.3 Å². The summed E-state index contributed by atoms with van der Waals surface area (Å²) in [4.78, 5) is 40.5. The summed E-state index contributed by atoms with van der Waals surface area (Å²) in [6.07, 6.45) is 2.94. The number of amides is 4. The number of fused-ring (bicyclic) bond motifs is 1. The number of nitrogens with one attached hydrogen (secondary N) is 1. The van der Waals surface area contributed by atoms with Crippen molar-refractivity contribution in [2.75, 3.05) is 4.90 Å². The van der Waals surface area contributed by atoms with Gasteiger partial charge in [-0.1, -0.05) is 30.3 Å². The number of nitrogens with zero attached hydrogens (tertiary/aromatic N) is 2. The minimum atomic E-state index is -0.741. The molecule has 0 radical (unpaired) electrons. The van der Waals surface area contributed by atoms with Crippen molar-refractivity contribution in [1.29, 1.82) is 0 Å². The molecule has 0 aromatic heterocycles. The maximum absolute atomic E-state index is 13.6. The van der Waals surface area contributed by atoms with Gasteiger partial charge in [0.1, 0.15) is 11.4 Å². The standard InChI is InChI=1S/C22H20FN3O3/c1-14-7-8-16-11-17(23)9-10-19(16)25(14)13-18-20(27)24-22(29)26(21(18)28)12-15-5-3-2-4-6-15/h2-6,9-11,13-14H,7-8,12H2,1H3,(H,24,27,29)/b18-13+/t14-/m0/s1. The summed E-state index contributed by atoms with van der Waals surface area (Å²) >= 11 is 0. The quantitative estimate of drug-likeness (QED) is 0.643. The minimum Gasteiger partial charge on any atom is -0.344 e. The SMILES string of the molecule is C[C@H]1CCc2cc(F)ccc2N1/C=C1\C(=O)NC(=O)N(Cc2ccccc2)C1=O. The number of benzene rings is 2. The molecule has 0 spiro atoms. The number of aryl methyl sites for hydroxylation is 1. The van der Waals surface area contributed by atoms with E-state index in [0.717, 1.165) is 28.1 Å². The summed E-state index contributed by atoms with van der Waals surface area (Å²) < 4.78 is 13.6. The van der Waals surface area contributed by atoms with Crippen LogP contribution in [0, 0.1) is 5.82 Å². The van der Waals surface area contributed by atoms with Crippen LogP contribution in [-0.4, -0.2) is 28.8 Å². The summed E-state index contributed by atoms with van der Waals surface area (Å²) in [5, 5.41) is 2.24. The lowest BCUT2D eigenvalue weighted by atomic mass is 9.96. The van der Waals surface area contributed by atoms with Gasteiger partial charge in [-0.25, -0.2) is 9.18 Å². The molecule has 0 bridgehead atoms. The molecule has 2 aromatic carbocycles. The smallest absolute Gasteiger partial charge is 0.331 e. The zero-order valence-corrected chi connectivity index (χ0v) is 15.9. The van der Waals surface area contributed by atoms with Gasteiger partial charge in [0, 0.05) is 17.9 Å². The van der Waals surface area contributed by atoms with E-state index >= 15 is 0 Å². The van der Waals surface area contributed by atoms with Crippen LogP contribution >= 0.6 is 0 Å². The molecule has 2 heterocycles. The lowest BCUT2D eigenvalue weighted by Crippen LogP contribution is -2.54. The number of carbonyl (C=O) groups is 3. The second-order valence-electron chi connectivity index (χ2n) is 7.25. The fourth-order valence-electron chi connectivity index (χ4n) is 3.67. The molecular weight excluding hydrogens is 373 g/mol. The van der Waals surface area contributed by atoms with Gasteiger partial charge in [-0.3, -0.25) is 19.8 Å². The molecule has 0 aliphatic carbocycles. The van der Waals surface area contributed by atoms with E-state index in [9.17, 15) is 18.8 Å². The highest BCUT2D eigenvalue weighted by molar-refractivity contribution is 6.28. The second kappa shape index (κ2) is 7.50. The average Bonchev–Trinajstić information content (AvgIpc) is 2.70. The normalized spacial score (nSPS) is 20.7. The Balaban J connectivity index is 1.68. The van der Waals surface area contributed by atoms with E-state index in [4.69, 9.17) is 0 Å². The highest BCUT2D eigenvalue weighted by atomic mass is 19.1. The molecule has 1 saturated heterocycles. The van der Waals surface area contributed by atoms with Gasteiger partial charge in [-0.2, -0.15) is 0 Å². The van der Waals surface area contributed by atoms with Gasteiger partial charge in [0.15, 0.2) is 0 Å². The Labute approximate surface area is 167 Å². The fourth-order valence-corrected chi connectivity index (χ4v) is 3.67. The van der Waals surface area contributed by atoms with E-state index in [1.165, 1.54) is 18.3 Å². The fraction of sp³-hybridized carbons (Fsp3) is 0.227. The molecule has 2 aromatic rings. The monoisotopic (exact) mass is 393 g/mol. The van der Waals surface area contributed by atoms with Crippen LogP contribution in [0.4, 0.5) is 14.9 Å². The van der Waals surface area contributed by atoms with Crippen molar-refractivity contribution in [2.24, 2.45) is 0 Å². The van der Waals surface area contributed by atoms with Crippen molar-refractivity contribution in [3.8, 4) is 0 Å². The summed E-state index contributed by atoms with van der Waals surface area (Å²) in [7, 11) is 0.